The fourth-order valence-electron chi connectivity index (χ4n) is 1.25. The van der Waals surface area contributed by atoms with E-state index in [1.54, 1.807) is 0 Å². The molecular weight excluding hydrogens is 204 g/mol. The minimum Gasteiger partial charge on any atom is -0.374 e. The first-order chi connectivity index (χ1) is 5.13. The predicted octanol–water partition coefficient (Wildman–Crippen LogP) is 3.22. The monoisotopic (exact) mass is 222 g/mol. The van der Waals surface area contributed by atoms with Crippen LogP contribution in [0.4, 0.5) is 0 Å². The first kappa shape index (κ1) is 11.4. The Hall–Kier alpha value is 0.440. The summed E-state index contributed by atoms with van der Waals surface area (Å²) in [6.45, 7) is 9.45. The fourth-order valence-corrected chi connectivity index (χ4v) is 2.46. The van der Waals surface area contributed by atoms with Crippen molar-refractivity contribution in [2.24, 2.45) is 5.92 Å². The van der Waals surface area contributed by atoms with Crippen LogP contribution in [0.1, 0.15) is 34.1 Å². The lowest BCUT2D eigenvalue weighted by Crippen LogP contribution is -2.39. The molecule has 68 valence electrons. The van der Waals surface area contributed by atoms with Crippen LogP contribution in [0.25, 0.3) is 0 Å². The second kappa shape index (κ2) is 5.15. The Morgan fingerprint density at radius 3 is 2.00 bits per heavy atom. The van der Waals surface area contributed by atoms with Gasteiger partial charge in [-0.1, -0.05) is 36.7 Å². The van der Waals surface area contributed by atoms with Crippen LogP contribution in [0.15, 0.2) is 0 Å². The van der Waals surface area contributed by atoms with Crippen molar-refractivity contribution < 1.29 is 4.74 Å². The Kier molecular flexibility index (Phi) is 5.36. The van der Waals surface area contributed by atoms with Crippen LogP contribution in [0.3, 0.4) is 0 Å². The Bertz CT molecular complexity index is 97.7. The van der Waals surface area contributed by atoms with Crippen LogP contribution < -0.4 is 0 Å². The average Bonchev–Trinajstić information content (AvgIpc) is 2.00. The molecule has 1 nitrogen and oxygen atoms in total. The van der Waals surface area contributed by atoms with Crippen LogP contribution in [-0.4, -0.2) is 17.5 Å². The summed E-state index contributed by atoms with van der Waals surface area (Å²) in [5.41, 5.74) is 0.0503. The summed E-state index contributed by atoms with van der Waals surface area (Å²) in [5.74, 6) is 0.576. The van der Waals surface area contributed by atoms with E-state index in [0.717, 1.165) is 18.4 Å². The first-order valence-electron chi connectivity index (χ1n) is 4.32. The third-order valence-electron chi connectivity index (χ3n) is 2.31. The number of halogens is 1. The number of alkyl halides is 1. The standard InChI is InChI=1S/C9H19BrO/c1-5-9(7-10,8(3)4)11-6-2/h8H,5-7H2,1-4H3. The number of ether oxygens (including phenoxy) is 1. The van der Waals surface area contributed by atoms with Crippen molar-refractivity contribution in [2.75, 3.05) is 11.9 Å². The van der Waals surface area contributed by atoms with Gasteiger partial charge in [-0.05, 0) is 19.3 Å². The van der Waals surface area contributed by atoms with Gasteiger partial charge in [0, 0.05) is 11.9 Å². The lowest BCUT2D eigenvalue weighted by molar-refractivity contribution is -0.0561. The molecule has 0 saturated heterocycles. The van der Waals surface area contributed by atoms with E-state index in [-0.39, 0.29) is 5.60 Å². The zero-order valence-electron chi connectivity index (χ0n) is 7.98. The first-order valence-corrected chi connectivity index (χ1v) is 5.45. The number of rotatable bonds is 5. The van der Waals surface area contributed by atoms with Crippen LogP contribution in [0.5, 0.6) is 0 Å². The van der Waals surface area contributed by atoms with Gasteiger partial charge in [0.2, 0.25) is 0 Å². The molecule has 0 N–H and O–H groups in total. The SMILES string of the molecule is CCOC(CC)(CBr)C(C)C. The zero-order valence-corrected chi connectivity index (χ0v) is 9.57. The van der Waals surface area contributed by atoms with E-state index in [1.165, 1.54) is 0 Å². The van der Waals surface area contributed by atoms with Crippen molar-refractivity contribution >= 4 is 15.9 Å². The van der Waals surface area contributed by atoms with Gasteiger partial charge in [-0.3, -0.25) is 0 Å². The van der Waals surface area contributed by atoms with Gasteiger partial charge in [-0.15, -0.1) is 0 Å². The van der Waals surface area contributed by atoms with E-state index in [2.05, 4.69) is 43.6 Å². The lowest BCUT2D eigenvalue weighted by Gasteiger charge is -2.34. The van der Waals surface area contributed by atoms with Crippen molar-refractivity contribution in [1.29, 1.82) is 0 Å². The normalized spacial score (nSPS) is 16.9. The maximum absolute atomic E-state index is 5.74. The molecule has 1 unspecified atom stereocenters. The van der Waals surface area contributed by atoms with E-state index >= 15 is 0 Å². The molecule has 2 heteroatoms. The van der Waals surface area contributed by atoms with Crippen LogP contribution >= 0.6 is 15.9 Å². The highest BCUT2D eigenvalue weighted by molar-refractivity contribution is 9.09. The molecule has 0 saturated carbocycles. The summed E-state index contributed by atoms with van der Waals surface area (Å²) < 4.78 is 5.74. The summed E-state index contributed by atoms with van der Waals surface area (Å²) in [5, 5.41) is 0.933. The van der Waals surface area contributed by atoms with Crippen molar-refractivity contribution in [2.45, 2.75) is 39.7 Å². The lowest BCUT2D eigenvalue weighted by atomic mass is 9.89. The molecule has 0 aliphatic rings. The third-order valence-corrected chi connectivity index (χ3v) is 3.26. The highest BCUT2D eigenvalue weighted by Crippen LogP contribution is 2.27. The molecule has 0 spiro atoms. The number of hydrogen-bond acceptors (Lipinski definition) is 1. The molecule has 0 rings (SSSR count). The molecule has 11 heavy (non-hydrogen) atoms. The second-order valence-corrected chi connectivity index (χ2v) is 3.70. The van der Waals surface area contributed by atoms with Crippen molar-refractivity contribution in [3.05, 3.63) is 0 Å². The summed E-state index contributed by atoms with van der Waals surface area (Å²) >= 11 is 3.51. The van der Waals surface area contributed by atoms with Crippen LogP contribution in [-0.2, 0) is 4.74 Å². The molecule has 0 aliphatic heterocycles. The van der Waals surface area contributed by atoms with Crippen molar-refractivity contribution in [1.82, 2.24) is 0 Å². The molecule has 0 fully saturated rings. The molecule has 0 heterocycles. The van der Waals surface area contributed by atoms with Crippen molar-refractivity contribution in [3.63, 3.8) is 0 Å². The minimum absolute atomic E-state index is 0.0503. The van der Waals surface area contributed by atoms with Gasteiger partial charge in [0.1, 0.15) is 0 Å². The summed E-state index contributed by atoms with van der Waals surface area (Å²) in [6, 6.07) is 0. The van der Waals surface area contributed by atoms with Crippen molar-refractivity contribution in [3.8, 4) is 0 Å². The molecular formula is C9H19BrO. The maximum Gasteiger partial charge on any atom is 0.0798 e. The van der Waals surface area contributed by atoms with E-state index < -0.39 is 0 Å². The van der Waals surface area contributed by atoms with E-state index in [4.69, 9.17) is 4.74 Å². The molecule has 0 aliphatic carbocycles. The second-order valence-electron chi connectivity index (χ2n) is 3.14. The quantitative estimate of drug-likeness (QED) is 0.650. The Morgan fingerprint density at radius 1 is 1.36 bits per heavy atom. The Labute approximate surface area is 78.6 Å². The summed E-state index contributed by atoms with van der Waals surface area (Å²) in [6.07, 6.45) is 1.07. The number of hydrogen-bond donors (Lipinski definition) is 0. The van der Waals surface area contributed by atoms with Gasteiger partial charge >= 0.3 is 0 Å². The minimum atomic E-state index is 0.0503. The van der Waals surface area contributed by atoms with E-state index in [9.17, 15) is 0 Å². The Balaban J connectivity index is 4.20. The molecule has 0 bridgehead atoms. The van der Waals surface area contributed by atoms with Gasteiger partial charge in [0.05, 0.1) is 5.60 Å². The van der Waals surface area contributed by atoms with Gasteiger partial charge in [-0.2, -0.15) is 0 Å². The average molecular weight is 223 g/mol. The zero-order chi connectivity index (χ0) is 8.91. The third kappa shape index (κ3) is 2.75. The topological polar surface area (TPSA) is 9.23 Å². The molecule has 1 atom stereocenters. The highest BCUT2D eigenvalue weighted by Gasteiger charge is 2.30. The highest BCUT2D eigenvalue weighted by atomic mass is 79.9. The summed E-state index contributed by atoms with van der Waals surface area (Å²) in [7, 11) is 0. The van der Waals surface area contributed by atoms with Crippen LogP contribution in [0.2, 0.25) is 0 Å². The molecule has 0 aromatic heterocycles. The molecule has 0 aromatic carbocycles. The molecule has 0 amide bonds. The van der Waals surface area contributed by atoms with Gasteiger partial charge in [0.25, 0.3) is 0 Å². The largest absolute Gasteiger partial charge is 0.374 e. The molecule has 0 aromatic rings. The summed E-state index contributed by atoms with van der Waals surface area (Å²) in [4.78, 5) is 0. The molecule has 0 radical (unpaired) electrons. The maximum atomic E-state index is 5.74. The Morgan fingerprint density at radius 2 is 1.91 bits per heavy atom. The van der Waals surface area contributed by atoms with Crippen LogP contribution in [0, 0.1) is 5.92 Å². The fraction of sp³-hybridized carbons (Fsp3) is 1.00. The van der Waals surface area contributed by atoms with Gasteiger partial charge in [0.15, 0.2) is 0 Å². The predicted molar refractivity (Wildman–Crippen MR) is 53.3 cm³/mol. The van der Waals surface area contributed by atoms with E-state index in [0.29, 0.717) is 5.92 Å². The van der Waals surface area contributed by atoms with Gasteiger partial charge < -0.3 is 4.74 Å². The van der Waals surface area contributed by atoms with Gasteiger partial charge in [-0.25, -0.2) is 0 Å². The smallest absolute Gasteiger partial charge is 0.0798 e. The van der Waals surface area contributed by atoms with E-state index in [1.807, 2.05) is 0 Å².